The summed E-state index contributed by atoms with van der Waals surface area (Å²) in [5.41, 5.74) is 7.80. The molecule has 1 N–H and O–H groups in total. The van der Waals surface area contributed by atoms with Gasteiger partial charge in [-0.05, 0) is 49.9 Å². The Morgan fingerprint density at radius 3 is 2.56 bits per heavy atom. The molecule has 5 heteroatoms. The molecule has 0 aliphatic rings. The number of aryl methyl sites for hydroxylation is 4. The van der Waals surface area contributed by atoms with Crippen molar-refractivity contribution in [2.75, 3.05) is 5.32 Å². The highest BCUT2D eigenvalue weighted by atomic mass is 32.2. The number of hydrogen-bond acceptors (Lipinski definition) is 4. The van der Waals surface area contributed by atoms with Crippen molar-refractivity contribution in [3.8, 4) is 0 Å². The molecule has 0 unspecified atom stereocenters. The summed E-state index contributed by atoms with van der Waals surface area (Å²) in [5.74, 6) is 0.874. The normalized spacial score (nSPS) is 10.8. The predicted octanol–water partition coefficient (Wildman–Crippen LogP) is 5.85. The van der Waals surface area contributed by atoms with Gasteiger partial charge in [0, 0.05) is 16.8 Å². The lowest BCUT2D eigenvalue weighted by Crippen LogP contribution is -2.16. The van der Waals surface area contributed by atoms with Crippen molar-refractivity contribution >= 4 is 34.7 Å². The van der Waals surface area contributed by atoms with Gasteiger partial charge in [0.15, 0.2) is 0 Å². The molecule has 0 atom stereocenters. The quantitative estimate of drug-likeness (QED) is 0.531. The van der Waals surface area contributed by atoms with Crippen LogP contribution in [0.25, 0.3) is 0 Å². The summed E-state index contributed by atoms with van der Waals surface area (Å²) in [4.78, 5) is 17.0. The third-order valence-electron chi connectivity index (χ3n) is 4.47. The molecule has 0 aliphatic heterocycles. The number of carbonyl (C=O) groups excluding carboxylic acids is 1. The highest BCUT2D eigenvalue weighted by Crippen LogP contribution is 2.28. The number of thioether (sulfide) groups is 1. The second-order valence-electron chi connectivity index (χ2n) is 6.82. The van der Waals surface area contributed by atoms with Gasteiger partial charge in [-0.1, -0.05) is 53.7 Å². The van der Waals surface area contributed by atoms with Crippen LogP contribution in [0.4, 0.5) is 5.69 Å². The Morgan fingerprint density at radius 1 is 1.07 bits per heavy atom. The van der Waals surface area contributed by atoms with Gasteiger partial charge >= 0.3 is 0 Å². The molecule has 0 spiro atoms. The minimum absolute atomic E-state index is 0.0243. The van der Waals surface area contributed by atoms with Crippen molar-refractivity contribution in [3.05, 3.63) is 75.3 Å². The van der Waals surface area contributed by atoms with E-state index in [4.69, 9.17) is 0 Å². The van der Waals surface area contributed by atoms with E-state index in [1.54, 1.807) is 23.1 Å². The third-order valence-corrected chi connectivity index (χ3v) is 6.59. The molecule has 3 rings (SSSR count). The van der Waals surface area contributed by atoms with E-state index in [1.165, 1.54) is 16.7 Å². The van der Waals surface area contributed by atoms with Crippen LogP contribution in [0, 0.1) is 27.7 Å². The number of para-hydroxylation sites is 1. The van der Waals surface area contributed by atoms with Crippen LogP contribution in [-0.4, -0.2) is 10.9 Å². The monoisotopic (exact) mass is 396 g/mol. The van der Waals surface area contributed by atoms with Gasteiger partial charge in [0.1, 0.15) is 4.34 Å². The Bertz CT molecular complexity index is 942. The molecule has 0 aliphatic carbocycles. The Hall–Kier alpha value is -2.11. The van der Waals surface area contributed by atoms with Gasteiger partial charge in [-0.3, -0.25) is 4.79 Å². The van der Waals surface area contributed by atoms with Gasteiger partial charge in [0.2, 0.25) is 5.91 Å². The zero-order chi connectivity index (χ0) is 19.4. The number of anilines is 1. The summed E-state index contributed by atoms with van der Waals surface area (Å²) in [6, 6.07) is 12.5. The summed E-state index contributed by atoms with van der Waals surface area (Å²) in [5, 5.41) is 5.01. The maximum Gasteiger partial charge on any atom is 0.230 e. The van der Waals surface area contributed by atoms with E-state index in [0.29, 0.717) is 6.42 Å². The fourth-order valence-electron chi connectivity index (χ4n) is 2.89. The summed E-state index contributed by atoms with van der Waals surface area (Å²) < 4.78 is 1.01. The topological polar surface area (TPSA) is 42.0 Å². The molecule has 140 valence electrons. The average Bonchev–Trinajstić information content (AvgIpc) is 3.06. The molecule has 2 aromatic carbocycles. The number of thiazole rings is 1. The molecule has 1 amide bonds. The van der Waals surface area contributed by atoms with Gasteiger partial charge in [0.25, 0.3) is 0 Å². The van der Waals surface area contributed by atoms with Crippen LogP contribution in [0.5, 0.6) is 0 Å². The lowest BCUT2D eigenvalue weighted by molar-refractivity contribution is -0.115. The van der Waals surface area contributed by atoms with E-state index in [9.17, 15) is 4.79 Å². The number of rotatable bonds is 6. The minimum atomic E-state index is -0.0243. The highest BCUT2D eigenvalue weighted by Gasteiger charge is 2.11. The Balaban J connectivity index is 1.59. The molecular weight excluding hydrogens is 372 g/mol. The molecule has 27 heavy (non-hydrogen) atoms. The standard InChI is InChI=1S/C22H24N2OS2/c1-14-8-9-15(2)18(10-14)12-26-22-23-19(13-27-22)11-20(25)24-21-16(3)6-5-7-17(21)4/h5-10,13H,11-12H2,1-4H3,(H,24,25). The Labute approximate surface area is 169 Å². The van der Waals surface area contributed by atoms with Crippen LogP contribution in [0.3, 0.4) is 0 Å². The third kappa shape index (κ3) is 5.21. The number of aromatic nitrogens is 1. The maximum absolute atomic E-state index is 12.4. The first-order valence-electron chi connectivity index (χ1n) is 8.92. The molecule has 0 fully saturated rings. The van der Waals surface area contributed by atoms with Crippen LogP contribution < -0.4 is 5.32 Å². The summed E-state index contributed by atoms with van der Waals surface area (Å²) in [6.07, 6.45) is 0.300. The Morgan fingerprint density at radius 2 is 1.81 bits per heavy atom. The number of hydrogen-bond donors (Lipinski definition) is 1. The minimum Gasteiger partial charge on any atom is -0.325 e. The zero-order valence-electron chi connectivity index (χ0n) is 16.1. The summed E-state index contributed by atoms with van der Waals surface area (Å²) >= 11 is 3.33. The van der Waals surface area contributed by atoms with Crippen molar-refractivity contribution < 1.29 is 4.79 Å². The zero-order valence-corrected chi connectivity index (χ0v) is 17.8. The number of carbonyl (C=O) groups is 1. The van der Waals surface area contributed by atoms with E-state index in [0.717, 1.165) is 32.6 Å². The molecule has 0 saturated carbocycles. The lowest BCUT2D eigenvalue weighted by Gasteiger charge is -2.10. The fourth-order valence-corrected chi connectivity index (χ4v) is 4.80. The van der Waals surface area contributed by atoms with Crippen molar-refractivity contribution in [3.63, 3.8) is 0 Å². The van der Waals surface area contributed by atoms with E-state index < -0.39 is 0 Å². The summed E-state index contributed by atoms with van der Waals surface area (Å²) in [6.45, 7) is 8.27. The molecule has 3 nitrogen and oxygen atoms in total. The summed E-state index contributed by atoms with van der Waals surface area (Å²) in [7, 11) is 0. The molecule has 3 aromatic rings. The number of benzene rings is 2. The van der Waals surface area contributed by atoms with Gasteiger partial charge in [-0.2, -0.15) is 0 Å². The van der Waals surface area contributed by atoms with Crippen LogP contribution in [0.2, 0.25) is 0 Å². The fraction of sp³-hybridized carbons (Fsp3) is 0.273. The van der Waals surface area contributed by atoms with E-state index in [1.807, 2.05) is 37.4 Å². The Kier molecular flexibility index (Phi) is 6.34. The molecule has 0 radical (unpaired) electrons. The first-order valence-corrected chi connectivity index (χ1v) is 10.8. The second-order valence-corrected chi connectivity index (χ2v) is 8.90. The van der Waals surface area contributed by atoms with E-state index >= 15 is 0 Å². The SMILES string of the molecule is Cc1ccc(C)c(CSc2nc(CC(=O)Nc3c(C)cccc3C)cs2)c1. The predicted molar refractivity (Wildman–Crippen MR) is 116 cm³/mol. The van der Waals surface area contributed by atoms with E-state index in [2.05, 4.69) is 42.3 Å². The van der Waals surface area contributed by atoms with Crippen LogP contribution in [0.1, 0.15) is 33.5 Å². The smallest absolute Gasteiger partial charge is 0.230 e. The van der Waals surface area contributed by atoms with Crippen molar-refractivity contribution in [2.24, 2.45) is 0 Å². The molecular formula is C22H24N2OS2. The van der Waals surface area contributed by atoms with Gasteiger partial charge in [-0.15, -0.1) is 11.3 Å². The van der Waals surface area contributed by atoms with Crippen LogP contribution in [-0.2, 0) is 17.0 Å². The molecule has 0 bridgehead atoms. The van der Waals surface area contributed by atoms with Crippen molar-refractivity contribution in [1.29, 1.82) is 0 Å². The average molecular weight is 397 g/mol. The number of amides is 1. The van der Waals surface area contributed by atoms with Gasteiger partial charge in [0.05, 0.1) is 12.1 Å². The lowest BCUT2D eigenvalue weighted by atomic mass is 10.1. The maximum atomic E-state index is 12.4. The highest BCUT2D eigenvalue weighted by molar-refractivity contribution is 8.00. The first kappa shape index (κ1) is 19.6. The first-order chi connectivity index (χ1) is 12.9. The number of nitrogens with one attached hydrogen (secondary N) is 1. The molecule has 1 heterocycles. The van der Waals surface area contributed by atoms with Gasteiger partial charge < -0.3 is 5.32 Å². The van der Waals surface area contributed by atoms with Crippen LogP contribution in [0.15, 0.2) is 46.1 Å². The van der Waals surface area contributed by atoms with E-state index in [-0.39, 0.29) is 5.91 Å². The van der Waals surface area contributed by atoms with Gasteiger partial charge in [-0.25, -0.2) is 4.98 Å². The van der Waals surface area contributed by atoms with Crippen molar-refractivity contribution in [2.45, 2.75) is 44.2 Å². The van der Waals surface area contributed by atoms with Crippen molar-refractivity contribution in [1.82, 2.24) is 4.98 Å². The van der Waals surface area contributed by atoms with Crippen LogP contribution >= 0.6 is 23.1 Å². The number of nitrogens with zero attached hydrogens (tertiary/aromatic N) is 1. The molecule has 0 saturated heterocycles. The largest absolute Gasteiger partial charge is 0.325 e. The second kappa shape index (κ2) is 8.72. The molecule has 1 aromatic heterocycles.